The van der Waals surface area contributed by atoms with Crippen LogP contribution in [-0.4, -0.2) is 29.6 Å². The monoisotopic (exact) mass is 320 g/mol. The van der Waals surface area contributed by atoms with Gasteiger partial charge in [-0.2, -0.15) is 0 Å². The van der Waals surface area contributed by atoms with Gasteiger partial charge in [-0.1, -0.05) is 24.9 Å². The van der Waals surface area contributed by atoms with Gasteiger partial charge in [0.15, 0.2) is 11.6 Å². The van der Waals surface area contributed by atoms with Gasteiger partial charge in [0.25, 0.3) is 0 Å². The quantitative estimate of drug-likeness (QED) is 0.724. The summed E-state index contributed by atoms with van der Waals surface area (Å²) in [5.41, 5.74) is -0.756. The topological polar surface area (TPSA) is 78.4 Å². The molecule has 0 spiro atoms. The largest absolute Gasteiger partial charge is 0.391 e. The van der Waals surface area contributed by atoms with Crippen LogP contribution in [0.2, 0.25) is 5.02 Å². The van der Waals surface area contributed by atoms with E-state index in [1.807, 2.05) is 12.2 Å². The molecule has 1 aromatic rings. The molecule has 5 nitrogen and oxygen atoms in total. The van der Waals surface area contributed by atoms with Crippen molar-refractivity contribution in [2.24, 2.45) is 0 Å². The number of carbonyl (C=O) groups excluding carboxylic acids is 2. The molecule has 3 N–H and O–H groups in total. The summed E-state index contributed by atoms with van der Waals surface area (Å²) in [6, 6.07) is 1.62. The van der Waals surface area contributed by atoms with E-state index in [9.17, 15) is 23.5 Å². The van der Waals surface area contributed by atoms with Crippen LogP contribution < -0.4 is 10.6 Å². The molecule has 0 bridgehead atoms. The lowest BCUT2D eigenvalue weighted by atomic mass is 10.2. The summed E-state index contributed by atoms with van der Waals surface area (Å²) in [4.78, 5) is 22.9. The second kappa shape index (κ2) is 7.90. The standard InChI is InChI=1S/C13H15ClF2N2O3/c1-2-3-8(19)6-17-12(20)13(21)18-11-9(15)4-7(14)5-10(11)16/h4-5,8,19H,2-3,6H2,1H3,(H,17,20)(H,18,21). The number of anilines is 1. The minimum atomic E-state index is -1.24. The lowest BCUT2D eigenvalue weighted by Gasteiger charge is -2.11. The molecule has 2 amide bonds. The molecule has 1 unspecified atom stereocenters. The van der Waals surface area contributed by atoms with E-state index in [0.717, 1.165) is 12.1 Å². The Labute approximate surface area is 125 Å². The molecule has 0 heterocycles. The van der Waals surface area contributed by atoms with Crippen molar-refractivity contribution in [1.82, 2.24) is 5.32 Å². The predicted molar refractivity (Wildman–Crippen MR) is 73.9 cm³/mol. The van der Waals surface area contributed by atoms with E-state index < -0.39 is 35.2 Å². The van der Waals surface area contributed by atoms with Crippen LogP contribution in [0.4, 0.5) is 14.5 Å². The van der Waals surface area contributed by atoms with E-state index in [4.69, 9.17) is 11.6 Å². The minimum Gasteiger partial charge on any atom is -0.391 e. The first kappa shape index (κ1) is 17.3. The number of hydrogen-bond acceptors (Lipinski definition) is 3. The van der Waals surface area contributed by atoms with Crippen molar-refractivity contribution in [2.75, 3.05) is 11.9 Å². The molecule has 0 aliphatic rings. The Bertz CT molecular complexity index is 517. The van der Waals surface area contributed by atoms with E-state index >= 15 is 0 Å². The number of amides is 2. The van der Waals surface area contributed by atoms with Crippen molar-refractivity contribution in [3.63, 3.8) is 0 Å². The van der Waals surface area contributed by atoms with Crippen LogP contribution in [-0.2, 0) is 9.59 Å². The van der Waals surface area contributed by atoms with Gasteiger partial charge in [-0.3, -0.25) is 9.59 Å². The highest BCUT2D eigenvalue weighted by atomic mass is 35.5. The van der Waals surface area contributed by atoms with Crippen LogP contribution in [0.3, 0.4) is 0 Å². The second-order valence-electron chi connectivity index (χ2n) is 4.35. The molecule has 0 fully saturated rings. The third kappa shape index (κ3) is 5.28. The van der Waals surface area contributed by atoms with Gasteiger partial charge >= 0.3 is 11.8 Å². The zero-order valence-corrected chi connectivity index (χ0v) is 12.0. The van der Waals surface area contributed by atoms with Gasteiger partial charge in [-0.25, -0.2) is 8.78 Å². The fourth-order valence-electron chi connectivity index (χ4n) is 1.56. The van der Waals surface area contributed by atoms with Crippen LogP contribution in [0.15, 0.2) is 12.1 Å². The number of nitrogens with one attached hydrogen (secondary N) is 2. The lowest BCUT2D eigenvalue weighted by Crippen LogP contribution is -2.39. The molecule has 1 aromatic carbocycles. The van der Waals surface area contributed by atoms with E-state index in [0.29, 0.717) is 12.8 Å². The first-order valence-electron chi connectivity index (χ1n) is 6.27. The van der Waals surface area contributed by atoms with Gasteiger partial charge in [0.2, 0.25) is 0 Å². The second-order valence-corrected chi connectivity index (χ2v) is 4.79. The molecule has 1 atom stereocenters. The lowest BCUT2D eigenvalue weighted by molar-refractivity contribution is -0.136. The molecule has 0 saturated heterocycles. The highest BCUT2D eigenvalue weighted by molar-refractivity contribution is 6.39. The van der Waals surface area contributed by atoms with Gasteiger partial charge in [-0.15, -0.1) is 0 Å². The summed E-state index contributed by atoms with van der Waals surface area (Å²) in [6.45, 7) is 1.73. The van der Waals surface area contributed by atoms with Gasteiger partial charge in [0.1, 0.15) is 5.69 Å². The predicted octanol–water partition coefficient (Wildman–Crippen LogP) is 1.83. The van der Waals surface area contributed by atoms with E-state index in [-0.39, 0.29) is 11.6 Å². The van der Waals surface area contributed by atoms with Gasteiger partial charge in [0.05, 0.1) is 6.10 Å². The SMILES string of the molecule is CCCC(O)CNC(=O)C(=O)Nc1c(F)cc(Cl)cc1F. The highest BCUT2D eigenvalue weighted by Crippen LogP contribution is 2.23. The van der Waals surface area contributed by atoms with Crippen LogP contribution in [0, 0.1) is 11.6 Å². The Morgan fingerprint density at radius 2 is 1.86 bits per heavy atom. The third-order valence-corrected chi connectivity index (χ3v) is 2.79. The number of rotatable bonds is 5. The van der Waals surface area contributed by atoms with Crippen LogP contribution in [0.5, 0.6) is 0 Å². The number of aliphatic hydroxyl groups excluding tert-OH is 1. The molecule has 0 aliphatic heterocycles. The number of halogens is 3. The molecule has 0 saturated carbocycles. The Morgan fingerprint density at radius 1 is 1.29 bits per heavy atom. The first-order chi connectivity index (χ1) is 9.85. The normalized spacial score (nSPS) is 11.9. The molecular formula is C13H15ClF2N2O3. The van der Waals surface area contributed by atoms with Crippen molar-refractivity contribution in [3.8, 4) is 0 Å². The Kier molecular flexibility index (Phi) is 6.51. The number of carbonyl (C=O) groups is 2. The van der Waals surface area contributed by atoms with Crippen molar-refractivity contribution < 1.29 is 23.5 Å². The summed E-state index contributed by atoms with van der Waals surface area (Å²) in [5.74, 6) is -4.52. The van der Waals surface area contributed by atoms with Crippen molar-refractivity contribution in [2.45, 2.75) is 25.9 Å². The maximum absolute atomic E-state index is 13.4. The fourth-order valence-corrected chi connectivity index (χ4v) is 1.75. The molecule has 1 rings (SSSR count). The Morgan fingerprint density at radius 3 is 2.38 bits per heavy atom. The third-order valence-electron chi connectivity index (χ3n) is 2.57. The fraction of sp³-hybridized carbons (Fsp3) is 0.385. The van der Waals surface area contributed by atoms with E-state index in [2.05, 4.69) is 5.32 Å². The average Bonchev–Trinajstić information content (AvgIpc) is 2.40. The minimum absolute atomic E-state index is 0.119. The van der Waals surface area contributed by atoms with Crippen molar-refractivity contribution in [3.05, 3.63) is 28.8 Å². The van der Waals surface area contributed by atoms with Crippen LogP contribution >= 0.6 is 11.6 Å². The summed E-state index contributed by atoms with van der Waals surface area (Å²) in [6.07, 6.45) is 0.392. The number of benzene rings is 1. The molecule has 0 aromatic heterocycles. The van der Waals surface area contributed by atoms with Crippen LogP contribution in [0.25, 0.3) is 0 Å². The molecular weight excluding hydrogens is 306 g/mol. The maximum Gasteiger partial charge on any atom is 0.313 e. The molecule has 116 valence electrons. The van der Waals surface area contributed by atoms with Gasteiger partial charge in [0, 0.05) is 11.6 Å². The maximum atomic E-state index is 13.4. The summed E-state index contributed by atoms with van der Waals surface area (Å²) >= 11 is 5.44. The number of hydrogen-bond donors (Lipinski definition) is 3. The zero-order valence-electron chi connectivity index (χ0n) is 11.3. The summed E-state index contributed by atoms with van der Waals surface area (Å²) in [5, 5.41) is 13.2. The first-order valence-corrected chi connectivity index (χ1v) is 6.64. The molecule has 21 heavy (non-hydrogen) atoms. The Balaban J connectivity index is 2.63. The van der Waals surface area contributed by atoms with Crippen molar-refractivity contribution in [1.29, 1.82) is 0 Å². The van der Waals surface area contributed by atoms with Crippen molar-refractivity contribution >= 4 is 29.1 Å². The molecule has 0 radical (unpaired) electrons. The smallest absolute Gasteiger partial charge is 0.313 e. The highest BCUT2D eigenvalue weighted by Gasteiger charge is 2.19. The average molecular weight is 321 g/mol. The zero-order chi connectivity index (χ0) is 16.0. The molecule has 0 aliphatic carbocycles. The van der Waals surface area contributed by atoms with Gasteiger partial charge in [-0.05, 0) is 18.6 Å². The summed E-state index contributed by atoms with van der Waals surface area (Å²) in [7, 11) is 0. The summed E-state index contributed by atoms with van der Waals surface area (Å²) < 4.78 is 26.9. The molecule has 8 heteroatoms. The van der Waals surface area contributed by atoms with Gasteiger partial charge < -0.3 is 15.7 Å². The number of aliphatic hydroxyl groups is 1. The van der Waals surface area contributed by atoms with E-state index in [1.165, 1.54) is 0 Å². The Hall–Kier alpha value is -1.73. The van der Waals surface area contributed by atoms with E-state index in [1.54, 1.807) is 0 Å². The van der Waals surface area contributed by atoms with Crippen LogP contribution in [0.1, 0.15) is 19.8 Å².